The van der Waals surface area contributed by atoms with Crippen LogP contribution in [0.3, 0.4) is 0 Å². The summed E-state index contributed by atoms with van der Waals surface area (Å²) in [6.45, 7) is 0.172. The number of fused-ring (bicyclic) bond motifs is 1. The molecular weight excluding hydrogens is 236 g/mol. The Morgan fingerprint density at radius 3 is 2.78 bits per heavy atom. The van der Waals surface area contributed by atoms with Crippen molar-refractivity contribution < 1.29 is 19.4 Å². The number of carbonyl (C=O) groups is 1. The van der Waals surface area contributed by atoms with Crippen molar-refractivity contribution in [2.75, 3.05) is 6.79 Å². The van der Waals surface area contributed by atoms with Crippen LogP contribution in [0.4, 0.5) is 0 Å². The number of rotatable bonds is 2. The Bertz CT molecular complexity index is 627. The van der Waals surface area contributed by atoms with E-state index in [9.17, 15) is 4.79 Å². The van der Waals surface area contributed by atoms with Crippen LogP contribution in [-0.2, 0) is 0 Å². The van der Waals surface area contributed by atoms with Crippen molar-refractivity contribution in [1.82, 2.24) is 9.97 Å². The topological polar surface area (TPSA) is 81.5 Å². The molecule has 0 saturated carbocycles. The van der Waals surface area contributed by atoms with Gasteiger partial charge in [-0.05, 0) is 18.2 Å². The van der Waals surface area contributed by atoms with Crippen molar-refractivity contribution in [3.8, 4) is 22.8 Å². The molecule has 6 heteroatoms. The summed E-state index contributed by atoms with van der Waals surface area (Å²) in [6.07, 6.45) is 2.80. The highest BCUT2D eigenvalue weighted by molar-refractivity contribution is 5.92. The highest BCUT2D eigenvalue weighted by atomic mass is 16.7. The van der Waals surface area contributed by atoms with Gasteiger partial charge in [-0.3, -0.25) is 4.98 Å². The van der Waals surface area contributed by atoms with Gasteiger partial charge in [0.1, 0.15) is 5.69 Å². The first kappa shape index (κ1) is 10.5. The highest BCUT2D eigenvalue weighted by Gasteiger charge is 2.18. The van der Waals surface area contributed by atoms with Crippen molar-refractivity contribution in [3.05, 3.63) is 36.3 Å². The summed E-state index contributed by atoms with van der Waals surface area (Å²) < 4.78 is 10.4. The smallest absolute Gasteiger partial charge is 0.356 e. The molecule has 1 aromatic heterocycles. The third-order valence-electron chi connectivity index (χ3n) is 2.55. The molecule has 1 aromatic carbocycles. The maximum Gasteiger partial charge on any atom is 0.356 e. The Morgan fingerprint density at radius 2 is 1.94 bits per heavy atom. The molecule has 2 heterocycles. The first-order valence-electron chi connectivity index (χ1n) is 5.20. The van der Waals surface area contributed by atoms with E-state index in [0.29, 0.717) is 22.8 Å². The lowest BCUT2D eigenvalue weighted by molar-refractivity contribution is 0.0691. The number of aromatic nitrogens is 2. The molecule has 6 nitrogen and oxygen atoms in total. The normalized spacial score (nSPS) is 12.4. The zero-order valence-corrected chi connectivity index (χ0v) is 9.16. The Kier molecular flexibility index (Phi) is 2.33. The number of carboxylic acids is 1. The van der Waals surface area contributed by atoms with E-state index in [1.54, 1.807) is 18.2 Å². The molecule has 0 spiro atoms. The molecule has 1 aliphatic rings. The zero-order valence-electron chi connectivity index (χ0n) is 9.16. The van der Waals surface area contributed by atoms with Crippen molar-refractivity contribution in [3.63, 3.8) is 0 Å². The first-order chi connectivity index (χ1) is 8.75. The summed E-state index contributed by atoms with van der Waals surface area (Å²) in [4.78, 5) is 18.9. The van der Waals surface area contributed by atoms with Crippen LogP contribution in [0.15, 0.2) is 30.6 Å². The summed E-state index contributed by atoms with van der Waals surface area (Å²) >= 11 is 0. The minimum absolute atomic E-state index is 0.0867. The molecule has 1 N–H and O–H groups in total. The molecular formula is C12H8N2O4. The summed E-state index contributed by atoms with van der Waals surface area (Å²) in [5.41, 5.74) is 0.851. The van der Waals surface area contributed by atoms with Gasteiger partial charge in [0.15, 0.2) is 17.2 Å². The van der Waals surface area contributed by atoms with E-state index >= 15 is 0 Å². The molecule has 0 saturated heterocycles. The molecule has 0 amide bonds. The number of benzene rings is 1. The maximum atomic E-state index is 11.1. The summed E-state index contributed by atoms with van der Waals surface area (Å²) in [7, 11) is 0. The second-order valence-corrected chi connectivity index (χ2v) is 3.63. The third-order valence-corrected chi connectivity index (χ3v) is 2.55. The number of aromatic carboxylic acids is 1. The molecule has 0 atom stereocenters. The lowest BCUT2D eigenvalue weighted by atomic mass is 10.1. The van der Waals surface area contributed by atoms with Gasteiger partial charge >= 0.3 is 5.97 Å². The quantitative estimate of drug-likeness (QED) is 0.863. The van der Waals surface area contributed by atoms with Gasteiger partial charge in [-0.15, -0.1) is 0 Å². The van der Waals surface area contributed by atoms with Gasteiger partial charge in [-0.2, -0.15) is 0 Å². The molecule has 0 fully saturated rings. The molecule has 90 valence electrons. The fraction of sp³-hybridized carbons (Fsp3) is 0.0833. The second kappa shape index (κ2) is 3.99. The Hall–Kier alpha value is -2.63. The van der Waals surface area contributed by atoms with Crippen LogP contribution in [0.1, 0.15) is 10.5 Å². The van der Waals surface area contributed by atoms with Gasteiger partial charge in [0.2, 0.25) is 6.79 Å². The maximum absolute atomic E-state index is 11.1. The average Bonchev–Trinajstić information content (AvgIpc) is 2.85. The summed E-state index contributed by atoms with van der Waals surface area (Å²) in [5.74, 6) is 0.102. The number of carboxylic acid groups (broad SMARTS) is 1. The van der Waals surface area contributed by atoms with Crippen LogP contribution in [-0.4, -0.2) is 27.8 Å². The van der Waals surface area contributed by atoms with Crippen molar-refractivity contribution in [1.29, 1.82) is 0 Å². The highest BCUT2D eigenvalue weighted by Crippen LogP contribution is 2.35. The van der Waals surface area contributed by atoms with E-state index in [4.69, 9.17) is 14.6 Å². The number of hydrogen-bond donors (Lipinski definition) is 1. The van der Waals surface area contributed by atoms with Crippen molar-refractivity contribution in [2.24, 2.45) is 0 Å². The average molecular weight is 244 g/mol. The molecule has 0 bridgehead atoms. The first-order valence-corrected chi connectivity index (χ1v) is 5.20. The van der Waals surface area contributed by atoms with E-state index < -0.39 is 5.97 Å². The molecule has 0 radical (unpaired) electrons. The van der Waals surface area contributed by atoms with Crippen LogP contribution in [0, 0.1) is 0 Å². The van der Waals surface area contributed by atoms with Crippen LogP contribution >= 0.6 is 0 Å². The van der Waals surface area contributed by atoms with Gasteiger partial charge in [0.25, 0.3) is 0 Å². The van der Waals surface area contributed by atoms with Crippen molar-refractivity contribution in [2.45, 2.75) is 0 Å². The number of ether oxygens (including phenoxy) is 2. The monoisotopic (exact) mass is 244 g/mol. The molecule has 2 aromatic rings. The van der Waals surface area contributed by atoms with Gasteiger partial charge in [0.05, 0.1) is 0 Å². The van der Waals surface area contributed by atoms with Gasteiger partial charge in [0, 0.05) is 18.0 Å². The summed E-state index contributed by atoms with van der Waals surface area (Å²) in [6, 6.07) is 5.14. The second-order valence-electron chi connectivity index (χ2n) is 3.63. The molecule has 1 aliphatic heterocycles. The van der Waals surface area contributed by atoms with E-state index in [0.717, 1.165) is 0 Å². The lowest BCUT2D eigenvalue weighted by Crippen LogP contribution is -2.04. The summed E-state index contributed by atoms with van der Waals surface area (Å²) in [5, 5.41) is 9.06. The predicted octanol–water partition coefficient (Wildman–Crippen LogP) is 1.57. The molecule has 3 rings (SSSR count). The van der Waals surface area contributed by atoms with Gasteiger partial charge in [-0.25, -0.2) is 9.78 Å². The van der Waals surface area contributed by atoms with E-state index in [-0.39, 0.29) is 12.5 Å². The fourth-order valence-corrected chi connectivity index (χ4v) is 1.75. The molecule has 0 unspecified atom stereocenters. The minimum Gasteiger partial charge on any atom is -0.476 e. The SMILES string of the molecule is O=C(O)c1nccnc1-c1ccc2c(c1)OCO2. The zero-order chi connectivity index (χ0) is 12.5. The predicted molar refractivity (Wildman–Crippen MR) is 60.6 cm³/mol. The van der Waals surface area contributed by atoms with E-state index in [1.807, 2.05) is 0 Å². The van der Waals surface area contributed by atoms with E-state index in [2.05, 4.69) is 9.97 Å². The van der Waals surface area contributed by atoms with Crippen LogP contribution in [0.5, 0.6) is 11.5 Å². The van der Waals surface area contributed by atoms with E-state index in [1.165, 1.54) is 12.4 Å². The van der Waals surface area contributed by atoms with Gasteiger partial charge in [-0.1, -0.05) is 0 Å². The number of nitrogens with zero attached hydrogens (tertiary/aromatic N) is 2. The van der Waals surface area contributed by atoms with Crippen LogP contribution in [0.2, 0.25) is 0 Å². The fourth-order valence-electron chi connectivity index (χ4n) is 1.75. The minimum atomic E-state index is -1.12. The van der Waals surface area contributed by atoms with Crippen LogP contribution < -0.4 is 9.47 Å². The number of hydrogen-bond acceptors (Lipinski definition) is 5. The molecule has 18 heavy (non-hydrogen) atoms. The van der Waals surface area contributed by atoms with Gasteiger partial charge < -0.3 is 14.6 Å². The van der Waals surface area contributed by atoms with Crippen molar-refractivity contribution >= 4 is 5.97 Å². The Morgan fingerprint density at radius 1 is 1.17 bits per heavy atom. The Balaban J connectivity index is 2.13. The third kappa shape index (κ3) is 1.64. The van der Waals surface area contributed by atoms with Crippen LogP contribution in [0.25, 0.3) is 11.3 Å². The lowest BCUT2D eigenvalue weighted by Gasteiger charge is -2.04. The molecule has 0 aliphatic carbocycles. The standard InChI is InChI=1S/C12H8N2O4/c15-12(16)11-10(13-3-4-14-11)7-1-2-8-9(5-7)18-6-17-8/h1-5H,6H2,(H,15,16). The Labute approximate surface area is 102 Å². The largest absolute Gasteiger partial charge is 0.476 e.